The molecule has 0 atom stereocenters. The molecule has 1 aromatic heterocycles. The van der Waals surface area contributed by atoms with E-state index in [1.807, 2.05) is 18.2 Å². The molecule has 0 fully saturated rings. The fourth-order valence-electron chi connectivity index (χ4n) is 3.26. The minimum absolute atomic E-state index is 0.00259. The summed E-state index contributed by atoms with van der Waals surface area (Å²) in [6, 6.07) is 12.0. The van der Waals surface area contributed by atoms with Crippen LogP contribution in [-0.4, -0.2) is 20.8 Å². The first-order chi connectivity index (χ1) is 14.6. The number of benzene rings is 2. The molecule has 0 aliphatic carbocycles. The predicted octanol–water partition coefficient (Wildman–Crippen LogP) is 7.09. The summed E-state index contributed by atoms with van der Waals surface area (Å²) >= 11 is 6.10. The highest BCUT2D eigenvalue weighted by Crippen LogP contribution is 2.27. The van der Waals surface area contributed by atoms with Crippen molar-refractivity contribution in [1.82, 2.24) is 15.0 Å². The van der Waals surface area contributed by atoms with E-state index in [1.54, 1.807) is 11.7 Å². The van der Waals surface area contributed by atoms with E-state index in [0.717, 1.165) is 41.5 Å². The van der Waals surface area contributed by atoms with Gasteiger partial charge in [0.05, 0.1) is 5.69 Å². The molecule has 0 unspecified atom stereocenters. The number of hydrogen-bond acceptors (Lipinski definition) is 3. The maximum Gasteiger partial charge on any atom is 0.157 e. The SMILES string of the molecule is C=C(C)C(=O)CCCCC=Cc1cc(-n2nc3ccc(Cl)cc3n2)cc(C(C)(C)C)c1. The molecule has 0 saturated heterocycles. The van der Waals surface area contributed by atoms with Crippen molar-refractivity contribution in [2.24, 2.45) is 0 Å². The highest BCUT2D eigenvalue weighted by Gasteiger charge is 2.16. The minimum Gasteiger partial charge on any atom is -0.295 e. The van der Waals surface area contributed by atoms with Gasteiger partial charge in [0.2, 0.25) is 0 Å². The van der Waals surface area contributed by atoms with E-state index >= 15 is 0 Å². The van der Waals surface area contributed by atoms with Crippen LogP contribution in [0.3, 0.4) is 0 Å². The third-order valence-electron chi connectivity index (χ3n) is 5.19. The molecule has 0 saturated carbocycles. The van der Waals surface area contributed by atoms with Gasteiger partial charge >= 0.3 is 0 Å². The summed E-state index contributed by atoms with van der Waals surface area (Å²) in [6.07, 6.45) is 7.68. The number of Topliss-reactive ketones (excluding diaryl/α,β-unsaturated/α-hetero) is 1. The third kappa shape index (κ3) is 6.14. The Balaban J connectivity index is 1.80. The predicted molar refractivity (Wildman–Crippen MR) is 130 cm³/mol. The number of rotatable bonds is 8. The molecule has 4 nitrogen and oxygen atoms in total. The average molecular weight is 436 g/mol. The molecular formula is C26H30ClN3O. The number of halogens is 1. The van der Waals surface area contributed by atoms with Gasteiger partial charge < -0.3 is 0 Å². The summed E-state index contributed by atoms with van der Waals surface area (Å²) < 4.78 is 0. The molecule has 0 aliphatic rings. The van der Waals surface area contributed by atoms with E-state index in [2.05, 4.69) is 67.9 Å². The van der Waals surface area contributed by atoms with Gasteiger partial charge in [-0.15, -0.1) is 10.2 Å². The summed E-state index contributed by atoms with van der Waals surface area (Å²) in [7, 11) is 0. The third-order valence-corrected chi connectivity index (χ3v) is 5.43. The first-order valence-corrected chi connectivity index (χ1v) is 11.0. The van der Waals surface area contributed by atoms with E-state index in [0.29, 0.717) is 17.0 Å². The van der Waals surface area contributed by atoms with Gasteiger partial charge in [0, 0.05) is 11.4 Å². The lowest BCUT2D eigenvalue weighted by molar-refractivity contribution is -0.115. The molecule has 2 aromatic carbocycles. The molecule has 1 heterocycles. The smallest absolute Gasteiger partial charge is 0.157 e. The standard InChI is InChI=1S/C26H30ClN3O/c1-18(2)25(31)11-9-7-6-8-10-19-14-20(26(3,4)5)16-22(15-19)30-28-23-13-12-21(27)17-24(23)29-30/h8,10,12-17H,1,6-7,9,11H2,2-5H3. The highest BCUT2D eigenvalue weighted by molar-refractivity contribution is 6.31. The number of ketones is 1. The second-order valence-corrected chi connectivity index (χ2v) is 9.47. The van der Waals surface area contributed by atoms with Crippen molar-refractivity contribution in [1.29, 1.82) is 0 Å². The Hall–Kier alpha value is -2.72. The van der Waals surface area contributed by atoms with Crippen LogP contribution in [0.25, 0.3) is 22.8 Å². The summed E-state index contributed by atoms with van der Waals surface area (Å²) in [6.45, 7) is 12.1. The molecule has 31 heavy (non-hydrogen) atoms. The minimum atomic E-state index is -0.00259. The molecule has 162 valence electrons. The first kappa shape index (κ1) is 23.0. The van der Waals surface area contributed by atoms with Crippen molar-refractivity contribution >= 4 is 34.5 Å². The zero-order valence-corrected chi connectivity index (χ0v) is 19.5. The Morgan fingerprint density at radius 2 is 1.84 bits per heavy atom. The summed E-state index contributed by atoms with van der Waals surface area (Å²) in [4.78, 5) is 13.3. The van der Waals surface area contributed by atoms with Crippen molar-refractivity contribution in [2.75, 3.05) is 0 Å². The lowest BCUT2D eigenvalue weighted by atomic mass is 9.85. The summed E-state index contributed by atoms with van der Waals surface area (Å²) in [5, 5.41) is 9.89. The van der Waals surface area contributed by atoms with Crippen molar-refractivity contribution < 1.29 is 4.79 Å². The topological polar surface area (TPSA) is 47.8 Å². The van der Waals surface area contributed by atoms with Gasteiger partial charge in [-0.05, 0) is 78.6 Å². The van der Waals surface area contributed by atoms with Crippen LogP contribution in [0.4, 0.5) is 0 Å². The number of nitrogens with zero attached hydrogens (tertiary/aromatic N) is 3. The second-order valence-electron chi connectivity index (χ2n) is 9.04. The van der Waals surface area contributed by atoms with E-state index in [9.17, 15) is 4.79 Å². The Morgan fingerprint density at radius 3 is 2.55 bits per heavy atom. The fraction of sp³-hybridized carbons (Fsp3) is 0.346. The van der Waals surface area contributed by atoms with Crippen molar-refractivity contribution in [3.05, 3.63) is 70.8 Å². The van der Waals surface area contributed by atoms with E-state index < -0.39 is 0 Å². The van der Waals surface area contributed by atoms with Crippen molar-refractivity contribution in [2.45, 2.75) is 58.8 Å². The summed E-state index contributed by atoms with van der Waals surface area (Å²) in [5.41, 5.74) is 5.48. The lowest BCUT2D eigenvalue weighted by Crippen LogP contribution is -2.12. The molecule has 0 bridgehead atoms. The van der Waals surface area contributed by atoms with Gasteiger partial charge in [0.25, 0.3) is 0 Å². The number of hydrogen-bond donors (Lipinski definition) is 0. The van der Waals surface area contributed by atoms with Crippen LogP contribution in [0.5, 0.6) is 0 Å². The Bertz CT molecular complexity index is 1140. The van der Waals surface area contributed by atoms with Gasteiger partial charge in [-0.1, -0.05) is 57.2 Å². The molecule has 0 N–H and O–H groups in total. The molecule has 0 amide bonds. The van der Waals surface area contributed by atoms with Crippen LogP contribution in [0.15, 0.2) is 54.6 Å². The van der Waals surface area contributed by atoms with E-state index in [1.165, 1.54) is 5.56 Å². The zero-order valence-electron chi connectivity index (χ0n) is 18.8. The van der Waals surface area contributed by atoms with Crippen molar-refractivity contribution in [3.8, 4) is 5.69 Å². The van der Waals surface area contributed by atoms with Crippen LogP contribution >= 0.6 is 11.6 Å². The number of aromatic nitrogens is 3. The monoisotopic (exact) mass is 435 g/mol. The lowest BCUT2D eigenvalue weighted by Gasteiger charge is -2.20. The zero-order chi connectivity index (χ0) is 22.6. The quantitative estimate of drug-likeness (QED) is 0.280. The molecule has 0 radical (unpaired) electrons. The number of carbonyl (C=O) groups is 1. The average Bonchev–Trinajstić information content (AvgIpc) is 3.12. The number of fused-ring (bicyclic) bond motifs is 1. The highest BCUT2D eigenvalue weighted by atomic mass is 35.5. The molecule has 5 heteroatoms. The Morgan fingerprint density at radius 1 is 1.10 bits per heavy atom. The molecule has 3 aromatic rings. The fourth-order valence-corrected chi connectivity index (χ4v) is 3.43. The Kier molecular flexibility index (Phi) is 7.11. The first-order valence-electron chi connectivity index (χ1n) is 10.7. The van der Waals surface area contributed by atoms with Gasteiger partial charge in [0.1, 0.15) is 11.0 Å². The normalized spacial score (nSPS) is 12.0. The summed E-state index contributed by atoms with van der Waals surface area (Å²) in [5.74, 6) is 0.159. The molecule has 0 aliphatic heterocycles. The number of allylic oxidation sites excluding steroid dienone is 2. The molecule has 3 rings (SSSR count). The van der Waals surface area contributed by atoms with Gasteiger partial charge in [-0.25, -0.2) is 0 Å². The Labute approximate surface area is 189 Å². The maximum atomic E-state index is 11.6. The number of carbonyl (C=O) groups excluding carboxylic acids is 1. The van der Waals surface area contributed by atoms with E-state index in [4.69, 9.17) is 11.6 Å². The van der Waals surface area contributed by atoms with Gasteiger partial charge in [-0.2, -0.15) is 4.80 Å². The van der Waals surface area contributed by atoms with Crippen LogP contribution < -0.4 is 0 Å². The molecule has 0 spiro atoms. The van der Waals surface area contributed by atoms with Crippen molar-refractivity contribution in [3.63, 3.8) is 0 Å². The number of unbranched alkanes of at least 4 members (excludes halogenated alkanes) is 2. The van der Waals surface area contributed by atoms with Gasteiger partial charge in [0.15, 0.2) is 5.78 Å². The van der Waals surface area contributed by atoms with Crippen LogP contribution in [0.2, 0.25) is 5.02 Å². The van der Waals surface area contributed by atoms with Gasteiger partial charge in [-0.3, -0.25) is 4.79 Å². The largest absolute Gasteiger partial charge is 0.295 e. The maximum absolute atomic E-state index is 11.6. The van der Waals surface area contributed by atoms with E-state index in [-0.39, 0.29) is 11.2 Å². The second kappa shape index (κ2) is 9.61. The van der Waals surface area contributed by atoms with Crippen LogP contribution in [-0.2, 0) is 10.2 Å². The van der Waals surface area contributed by atoms with Crippen LogP contribution in [0.1, 0.15) is 64.5 Å². The van der Waals surface area contributed by atoms with Crippen LogP contribution in [0, 0.1) is 0 Å². The molecular weight excluding hydrogens is 406 g/mol.